The molecular formula is C11H23N3S. The Morgan fingerprint density at radius 1 is 1.67 bits per heavy atom. The molecule has 0 spiro atoms. The third kappa shape index (κ3) is 5.30. The largest absolute Gasteiger partial charge is 0.370 e. The van der Waals surface area contributed by atoms with Gasteiger partial charge in [0.1, 0.15) is 0 Å². The molecule has 1 saturated heterocycles. The Morgan fingerprint density at radius 2 is 2.47 bits per heavy atom. The van der Waals surface area contributed by atoms with Gasteiger partial charge in [-0.15, -0.1) is 0 Å². The first-order chi connectivity index (χ1) is 7.22. The van der Waals surface area contributed by atoms with Crippen molar-refractivity contribution in [3.63, 3.8) is 0 Å². The summed E-state index contributed by atoms with van der Waals surface area (Å²) in [7, 11) is 0. The highest BCUT2D eigenvalue weighted by Crippen LogP contribution is 2.22. The van der Waals surface area contributed by atoms with Crippen LogP contribution in [0.4, 0.5) is 0 Å². The van der Waals surface area contributed by atoms with Gasteiger partial charge in [-0.3, -0.25) is 4.99 Å². The van der Waals surface area contributed by atoms with E-state index in [4.69, 9.17) is 5.73 Å². The molecule has 3 nitrogen and oxygen atoms in total. The van der Waals surface area contributed by atoms with Crippen molar-refractivity contribution < 1.29 is 0 Å². The smallest absolute Gasteiger partial charge is 0.188 e. The number of nitrogens with zero attached hydrogens (tertiary/aromatic N) is 1. The van der Waals surface area contributed by atoms with Crippen molar-refractivity contribution in [1.29, 1.82) is 0 Å². The summed E-state index contributed by atoms with van der Waals surface area (Å²) in [4.78, 5) is 4.41. The minimum Gasteiger partial charge on any atom is -0.370 e. The van der Waals surface area contributed by atoms with Crippen LogP contribution in [0.2, 0.25) is 0 Å². The molecule has 15 heavy (non-hydrogen) atoms. The van der Waals surface area contributed by atoms with E-state index in [2.05, 4.69) is 24.2 Å². The highest BCUT2D eigenvalue weighted by Gasteiger charge is 2.13. The van der Waals surface area contributed by atoms with Crippen LogP contribution in [0.3, 0.4) is 0 Å². The van der Waals surface area contributed by atoms with E-state index in [1.165, 1.54) is 24.3 Å². The second-order valence-corrected chi connectivity index (χ2v) is 5.41. The predicted octanol–water partition coefficient (Wildman–Crippen LogP) is 1.83. The van der Waals surface area contributed by atoms with E-state index in [1.807, 2.05) is 11.8 Å². The maximum Gasteiger partial charge on any atom is 0.188 e. The molecule has 1 fully saturated rings. The number of guanidine groups is 1. The van der Waals surface area contributed by atoms with Gasteiger partial charge in [0, 0.05) is 12.6 Å². The van der Waals surface area contributed by atoms with Crippen molar-refractivity contribution in [2.75, 3.05) is 18.1 Å². The van der Waals surface area contributed by atoms with E-state index in [1.54, 1.807) is 0 Å². The fourth-order valence-corrected chi connectivity index (χ4v) is 2.72. The molecule has 0 aromatic rings. The number of hydrogen-bond donors (Lipinski definition) is 2. The Balaban J connectivity index is 2.22. The molecule has 0 aromatic heterocycles. The standard InChI is InChI=1S/C11H23N3S/c1-3-9(2)14-11(12)13-7-10-5-4-6-15-8-10/h9-10H,3-8H2,1-2H3,(H3,12,13,14). The third-order valence-corrected chi connectivity index (χ3v) is 4.07. The SMILES string of the molecule is CCC(C)NC(N)=NCC1CCCSC1. The molecule has 2 unspecified atom stereocenters. The molecule has 0 aliphatic carbocycles. The van der Waals surface area contributed by atoms with E-state index in [-0.39, 0.29) is 0 Å². The monoisotopic (exact) mass is 229 g/mol. The number of thioether (sulfide) groups is 1. The van der Waals surface area contributed by atoms with Crippen molar-refractivity contribution in [2.24, 2.45) is 16.6 Å². The van der Waals surface area contributed by atoms with Crippen molar-refractivity contribution in [3.8, 4) is 0 Å². The minimum atomic E-state index is 0.425. The Morgan fingerprint density at radius 3 is 3.07 bits per heavy atom. The molecule has 1 rings (SSSR count). The Labute approximate surface area is 97.3 Å². The van der Waals surface area contributed by atoms with Crippen LogP contribution >= 0.6 is 11.8 Å². The third-order valence-electron chi connectivity index (χ3n) is 2.78. The summed E-state index contributed by atoms with van der Waals surface area (Å²) >= 11 is 2.04. The fourth-order valence-electron chi connectivity index (χ4n) is 1.58. The van der Waals surface area contributed by atoms with Crippen LogP contribution < -0.4 is 11.1 Å². The molecule has 0 radical (unpaired) electrons. The summed E-state index contributed by atoms with van der Waals surface area (Å²) in [6, 6.07) is 0.425. The molecule has 4 heteroatoms. The fraction of sp³-hybridized carbons (Fsp3) is 0.909. The van der Waals surface area contributed by atoms with Crippen LogP contribution in [-0.2, 0) is 0 Å². The first-order valence-corrected chi connectivity index (χ1v) is 7.02. The topological polar surface area (TPSA) is 50.4 Å². The normalized spacial score (nSPS) is 24.9. The van der Waals surface area contributed by atoms with Crippen LogP contribution in [0.1, 0.15) is 33.1 Å². The molecule has 0 aromatic carbocycles. The van der Waals surface area contributed by atoms with Gasteiger partial charge in [-0.25, -0.2) is 0 Å². The second kappa shape index (κ2) is 6.99. The maximum absolute atomic E-state index is 5.80. The Bertz CT molecular complexity index is 200. The van der Waals surface area contributed by atoms with E-state index < -0.39 is 0 Å². The maximum atomic E-state index is 5.80. The van der Waals surface area contributed by atoms with Gasteiger partial charge in [-0.05, 0) is 43.6 Å². The summed E-state index contributed by atoms with van der Waals surface area (Å²) in [5.41, 5.74) is 5.80. The summed E-state index contributed by atoms with van der Waals surface area (Å²) in [5.74, 6) is 3.92. The number of aliphatic imine (C=N–C) groups is 1. The highest BCUT2D eigenvalue weighted by atomic mass is 32.2. The molecule has 0 amide bonds. The lowest BCUT2D eigenvalue weighted by Crippen LogP contribution is -2.38. The highest BCUT2D eigenvalue weighted by molar-refractivity contribution is 7.99. The van der Waals surface area contributed by atoms with E-state index in [9.17, 15) is 0 Å². The van der Waals surface area contributed by atoms with Gasteiger partial charge in [-0.2, -0.15) is 11.8 Å². The van der Waals surface area contributed by atoms with Gasteiger partial charge in [0.05, 0.1) is 0 Å². The van der Waals surface area contributed by atoms with Gasteiger partial charge in [0.2, 0.25) is 0 Å². The van der Waals surface area contributed by atoms with Crippen molar-refractivity contribution in [2.45, 2.75) is 39.2 Å². The van der Waals surface area contributed by atoms with Crippen LogP contribution in [0.25, 0.3) is 0 Å². The Kier molecular flexibility index (Phi) is 5.91. The zero-order chi connectivity index (χ0) is 11.1. The van der Waals surface area contributed by atoms with Crippen molar-refractivity contribution in [3.05, 3.63) is 0 Å². The number of nitrogens with two attached hydrogens (primary N) is 1. The number of nitrogens with one attached hydrogen (secondary N) is 1. The quantitative estimate of drug-likeness (QED) is 0.571. The van der Waals surface area contributed by atoms with Gasteiger partial charge >= 0.3 is 0 Å². The summed E-state index contributed by atoms with van der Waals surface area (Å²) < 4.78 is 0. The molecule has 0 bridgehead atoms. The molecule has 88 valence electrons. The van der Waals surface area contributed by atoms with Gasteiger partial charge in [0.25, 0.3) is 0 Å². The molecule has 2 atom stereocenters. The van der Waals surface area contributed by atoms with Crippen LogP contribution in [-0.4, -0.2) is 30.1 Å². The second-order valence-electron chi connectivity index (χ2n) is 4.26. The molecule has 1 heterocycles. The minimum absolute atomic E-state index is 0.425. The predicted molar refractivity (Wildman–Crippen MR) is 69.4 cm³/mol. The van der Waals surface area contributed by atoms with Crippen LogP contribution in [0.5, 0.6) is 0 Å². The van der Waals surface area contributed by atoms with Crippen molar-refractivity contribution >= 4 is 17.7 Å². The number of hydrogen-bond acceptors (Lipinski definition) is 2. The van der Waals surface area contributed by atoms with Crippen LogP contribution in [0.15, 0.2) is 4.99 Å². The average Bonchev–Trinajstić information content (AvgIpc) is 2.27. The first-order valence-electron chi connectivity index (χ1n) is 5.86. The summed E-state index contributed by atoms with van der Waals surface area (Å²) in [5, 5.41) is 3.19. The lowest BCUT2D eigenvalue weighted by atomic mass is 10.1. The lowest BCUT2D eigenvalue weighted by Gasteiger charge is -2.19. The zero-order valence-electron chi connectivity index (χ0n) is 9.83. The summed E-state index contributed by atoms with van der Waals surface area (Å²) in [6.45, 7) is 5.16. The van der Waals surface area contributed by atoms with Gasteiger partial charge in [-0.1, -0.05) is 6.92 Å². The van der Waals surface area contributed by atoms with Crippen molar-refractivity contribution in [1.82, 2.24) is 5.32 Å². The molecule has 1 aliphatic rings. The Hall–Kier alpha value is -0.380. The first kappa shape index (κ1) is 12.7. The molecule has 0 saturated carbocycles. The molecule has 1 aliphatic heterocycles. The van der Waals surface area contributed by atoms with Crippen LogP contribution in [0, 0.1) is 5.92 Å². The zero-order valence-corrected chi connectivity index (χ0v) is 10.6. The van der Waals surface area contributed by atoms with Gasteiger partial charge in [0.15, 0.2) is 5.96 Å². The summed E-state index contributed by atoms with van der Waals surface area (Å²) in [6.07, 6.45) is 3.73. The lowest BCUT2D eigenvalue weighted by molar-refractivity contribution is 0.532. The van der Waals surface area contributed by atoms with Gasteiger partial charge < -0.3 is 11.1 Å². The molecular weight excluding hydrogens is 206 g/mol. The van der Waals surface area contributed by atoms with E-state index >= 15 is 0 Å². The average molecular weight is 229 g/mol. The number of rotatable bonds is 4. The van der Waals surface area contributed by atoms with E-state index in [0.29, 0.717) is 12.0 Å². The van der Waals surface area contributed by atoms with E-state index in [0.717, 1.165) is 18.9 Å². The molecule has 3 N–H and O–H groups in total.